The maximum Gasteiger partial charge on any atom is 0.323 e. The van der Waals surface area contributed by atoms with E-state index >= 15 is 0 Å². The molecule has 1 fully saturated rings. The van der Waals surface area contributed by atoms with Gasteiger partial charge in [0.05, 0.1) is 29.4 Å². The smallest absolute Gasteiger partial charge is 0.323 e. The summed E-state index contributed by atoms with van der Waals surface area (Å²) in [7, 11) is -4.28. The van der Waals surface area contributed by atoms with Crippen LogP contribution in [0, 0.1) is 5.41 Å². The Balaban J connectivity index is 2.00. The van der Waals surface area contributed by atoms with Gasteiger partial charge in [0.15, 0.2) is 11.5 Å². The number of sulfonamides is 1. The first-order valence-corrected chi connectivity index (χ1v) is 14.3. The van der Waals surface area contributed by atoms with E-state index < -0.39 is 27.7 Å². The summed E-state index contributed by atoms with van der Waals surface area (Å²) in [5.74, 6) is -2.72. The number of halogens is 1. The van der Waals surface area contributed by atoms with E-state index in [0.717, 1.165) is 17.4 Å². The van der Waals surface area contributed by atoms with Crippen LogP contribution in [0.1, 0.15) is 41.3 Å². The van der Waals surface area contributed by atoms with Crippen LogP contribution in [0.2, 0.25) is 5.02 Å². The number of hydrogen-bond acceptors (Lipinski definition) is 8. The van der Waals surface area contributed by atoms with Crippen LogP contribution in [0.25, 0.3) is 6.08 Å². The van der Waals surface area contributed by atoms with Gasteiger partial charge in [-0.25, -0.2) is 8.42 Å². The van der Waals surface area contributed by atoms with Crippen LogP contribution in [0.3, 0.4) is 0 Å². The molecular weight excluding hydrogens is 546 g/mol. The molecule has 1 aliphatic rings. The molecule has 0 atom stereocenters. The van der Waals surface area contributed by atoms with Gasteiger partial charge in [-0.3, -0.25) is 19.3 Å². The molecule has 1 heterocycles. The van der Waals surface area contributed by atoms with Crippen molar-refractivity contribution in [2.75, 3.05) is 36.3 Å². The van der Waals surface area contributed by atoms with Crippen molar-refractivity contribution >= 4 is 51.1 Å². The quantitative estimate of drug-likeness (QED) is 0.168. The Hall–Kier alpha value is -3.61. The average molecular weight is 578 g/mol. The highest BCUT2D eigenvalue weighted by Crippen LogP contribution is 2.36. The molecule has 6 N–H and O–H groups in total. The number of carbonyl (C=O) groups excluding carboxylic acids is 2. The van der Waals surface area contributed by atoms with Gasteiger partial charge < -0.3 is 26.3 Å². The van der Waals surface area contributed by atoms with E-state index in [2.05, 4.69) is 5.32 Å². The highest BCUT2D eigenvalue weighted by Gasteiger charge is 2.29. The Labute approximate surface area is 232 Å². The largest absolute Gasteiger partial charge is 0.488 e. The van der Waals surface area contributed by atoms with E-state index in [0.29, 0.717) is 24.0 Å². The lowest BCUT2D eigenvalue weighted by Crippen LogP contribution is -2.37. The predicted molar refractivity (Wildman–Crippen MR) is 151 cm³/mol. The first kappa shape index (κ1) is 29.9. The Morgan fingerprint density at radius 2 is 1.92 bits per heavy atom. The van der Waals surface area contributed by atoms with Gasteiger partial charge in [-0.05, 0) is 56.6 Å². The lowest BCUT2D eigenvalue weighted by Gasteiger charge is -2.27. The number of nitrogens with zero attached hydrogens (tertiary/aromatic N) is 1. The molecule has 0 aromatic heterocycles. The Bertz CT molecular complexity index is 1360. The van der Waals surface area contributed by atoms with Gasteiger partial charge in [0.1, 0.15) is 11.9 Å². The van der Waals surface area contributed by atoms with E-state index in [1.165, 1.54) is 12.1 Å². The van der Waals surface area contributed by atoms with E-state index in [4.69, 9.17) is 38.0 Å². The van der Waals surface area contributed by atoms with Crippen molar-refractivity contribution in [3.63, 3.8) is 0 Å². The van der Waals surface area contributed by atoms with Crippen molar-refractivity contribution in [3.05, 3.63) is 64.2 Å². The van der Waals surface area contributed by atoms with E-state index in [1.807, 2.05) is 0 Å². The second-order valence-electron chi connectivity index (χ2n) is 8.77. The number of benzene rings is 2. The summed E-state index contributed by atoms with van der Waals surface area (Å²) in [6.45, 7) is 2.86. The number of amides is 1. The maximum atomic E-state index is 13.3. The van der Waals surface area contributed by atoms with Gasteiger partial charge in [0.2, 0.25) is 10.0 Å². The van der Waals surface area contributed by atoms with Crippen LogP contribution in [-0.4, -0.2) is 64.2 Å². The minimum absolute atomic E-state index is 0.00862. The SMILES string of the molecule is CCOC(=O)CS(=O)(=O)N(C/C=C/c1cccc(C(=N)N)c1)c1cc(Cl)c(OC2CCNCC2)c(C(N)=O)c1. The van der Waals surface area contributed by atoms with Gasteiger partial charge in [-0.1, -0.05) is 42.0 Å². The minimum atomic E-state index is -4.28. The Kier molecular flexibility index (Phi) is 10.3. The van der Waals surface area contributed by atoms with Crippen LogP contribution >= 0.6 is 11.6 Å². The number of carbonyl (C=O) groups is 2. The van der Waals surface area contributed by atoms with Gasteiger partial charge >= 0.3 is 5.97 Å². The molecule has 3 rings (SSSR count). The summed E-state index contributed by atoms with van der Waals surface area (Å²) < 4.78 is 38.5. The Morgan fingerprint density at radius 3 is 2.56 bits per heavy atom. The van der Waals surface area contributed by atoms with Crippen molar-refractivity contribution in [1.29, 1.82) is 5.41 Å². The number of primary amides is 1. The number of nitrogen functional groups attached to an aromatic ring is 1. The molecule has 0 saturated carbocycles. The monoisotopic (exact) mass is 577 g/mol. The summed E-state index contributed by atoms with van der Waals surface area (Å²) >= 11 is 6.51. The van der Waals surface area contributed by atoms with Gasteiger partial charge in [-0.15, -0.1) is 0 Å². The highest BCUT2D eigenvalue weighted by molar-refractivity contribution is 7.93. The number of nitrogens with one attached hydrogen (secondary N) is 2. The molecule has 2 aromatic rings. The van der Waals surface area contributed by atoms with Crippen molar-refractivity contribution in [2.24, 2.45) is 11.5 Å². The summed E-state index contributed by atoms with van der Waals surface area (Å²) in [5, 5.41) is 10.8. The fourth-order valence-electron chi connectivity index (χ4n) is 4.01. The second-order valence-corrected chi connectivity index (χ2v) is 11.1. The van der Waals surface area contributed by atoms with Gasteiger partial charge in [0, 0.05) is 5.56 Å². The average Bonchev–Trinajstić information content (AvgIpc) is 2.88. The molecule has 1 amide bonds. The molecule has 0 bridgehead atoms. The number of esters is 1. The van der Waals surface area contributed by atoms with Crippen molar-refractivity contribution in [1.82, 2.24) is 5.32 Å². The number of ether oxygens (including phenoxy) is 2. The summed E-state index contributed by atoms with van der Waals surface area (Å²) in [5.41, 5.74) is 12.3. The van der Waals surface area contributed by atoms with E-state index in [-0.39, 0.29) is 47.1 Å². The number of hydrogen-bond donors (Lipinski definition) is 4. The molecule has 13 heteroatoms. The standard InChI is InChI=1S/C26H32ClN5O6S/c1-2-37-23(33)16-39(35,36)32(12-4-6-17-5-3-7-18(13-17)25(28)29)19-14-21(26(30)34)24(22(27)15-19)38-20-8-10-31-11-9-20/h3-7,13-15,20,31H,2,8-12,16H2,1H3,(H3,28,29)(H2,30,34)/b6-4+. The molecule has 2 aromatic carbocycles. The number of piperidine rings is 1. The van der Waals surface area contributed by atoms with Crippen LogP contribution < -0.4 is 25.8 Å². The van der Waals surface area contributed by atoms with Gasteiger partial charge in [0.25, 0.3) is 5.91 Å². The third-order valence-corrected chi connectivity index (χ3v) is 7.79. The Morgan fingerprint density at radius 1 is 1.21 bits per heavy atom. The molecule has 11 nitrogen and oxygen atoms in total. The summed E-state index contributed by atoms with van der Waals surface area (Å²) in [6.07, 6.45) is 4.41. The normalized spacial score (nSPS) is 14.2. The number of anilines is 1. The topological polar surface area (TPSA) is 178 Å². The predicted octanol–water partition coefficient (Wildman–Crippen LogP) is 2.27. The van der Waals surface area contributed by atoms with Crippen molar-refractivity contribution in [3.8, 4) is 5.75 Å². The fraction of sp³-hybridized carbons (Fsp3) is 0.346. The zero-order valence-corrected chi connectivity index (χ0v) is 23.1. The fourth-order valence-corrected chi connectivity index (χ4v) is 5.54. The third kappa shape index (κ3) is 8.19. The second kappa shape index (κ2) is 13.5. The zero-order chi connectivity index (χ0) is 28.6. The molecule has 0 spiro atoms. The summed E-state index contributed by atoms with van der Waals surface area (Å²) in [4.78, 5) is 24.5. The first-order chi connectivity index (χ1) is 18.5. The molecule has 0 radical (unpaired) electrons. The number of nitrogens with two attached hydrogens (primary N) is 2. The first-order valence-electron chi connectivity index (χ1n) is 12.3. The van der Waals surface area contributed by atoms with Gasteiger partial charge in [-0.2, -0.15) is 0 Å². The lowest BCUT2D eigenvalue weighted by molar-refractivity contribution is -0.139. The molecule has 1 saturated heterocycles. The van der Waals surface area contributed by atoms with Crippen LogP contribution in [0.4, 0.5) is 5.69 Å². The van der Waals surface area contributed by atoms with Crippen LogP contribution in [-0.2, 0) is 19.6 Å². The molecule has 210 valence electrons. The minimum Gasteiger partial charge on any atom is -0.488 e. The molecule has 1 aliphatic heterocycles. The zero-order valence-electron chi connectivity index (χ0n) is 21.5. The van der Waals surface area contributed by atoms with Crippen molar-refractivity contribution < 1.29 is 27.5 Å². The number of amidine groups is 1. The number of rotatable bonds is 12. The maximum absolute atomic E-state index is 13.3. The van der Waals surface area contributed by atoms with E-state index in [9.17, 15) is 18.0 Å². The third-order valence-electron chi connectivity index (χ3n) is 5.87. The molecular formula is C26H32ClN5O6S. The van der Waals surface area contributed by atoms with Crippen molar-refractivity contribution in [2.45, 2.75) is 25.9 Å². The molecule has 0 unspecified atom stereocenters. The molecule has 0 aliphatic carbocycles. The lowest BCUT2D eigenvalue weighted by atomic mass is 10.1. The summed E-state index contributed by atoms with van der Waals surface area (Å²) in [6, 6.07) is 9.47. The van der Waals surface area contributed by atoms with E-state index in [1.54, 1.807) is 43.3 Å². The molecule has 39 heavy (non-hydrogen) atoms. The van der Waals surface area contributed by atoms with Crippen LogP contribution in [0.5, 0.6) is 5.75 Å². The highest BCUT2D eigenvalue weighted by atomic mass is 35.5. The van der Waals surface area contributed by atoms with Crippen LogP contribution in [0.15, 0.2) is 42.5 Å².